The van der Waals surface area contributed by atoms with Crippen molar-refractivity contribution >= 4 is 27.5 Å². The standard InChI is InChI=1S/C15H15BrN2O2/c16-14-7-2-1-4-11(14)9-18-15(19)10-20-13-6-3-5-12(17)8-13/h1-8H,9-10,17H2,(H,18,19). The number of hydrogen-bond acceptors (Lipinski definition) is 3. The molecule has 2 rings (SSSR count). The first-order valence-corrected chi connectivity index (χ1v) is 6.93. The minimum Gasteiger partial charge on any atom is -0.484 e. The van der Waals surface area contributed by atoms with Gasteiger partial charge in [0, 0.05) is 22.8 Å². The lowest BCUT2D eigenvalue weighted by molar-refractivity contribution is -0.123. The number of nitrogens with one attached hydrogen (secondary N) is 1. The molecule has 0 aliphatic heterocycles. The second kappa shape index (κ2) is 6.96. The maximum atomic E-state index is 11.7. The summed E-state index contributed by atoms with van der Waals surface area (Å²) in [6.45, 7) is 0.425. The van der Waals surface area contributed by atoms with Crippen LogP contribution in [0.4, 0.5) is 5.69 Å². The van der Waals surface area contributed by atoms with E-state index in [2.05, 4.69) is 21.2 Å². The first-order chi connectivity index (χ1) is 9.65. The van der Waals surface area contributed by atoms with E-state index in [9.17, 15) is 4.79 Å². The summed E-state index contributed by atoms with van der Waals surface area (Å²) in [4.78, 5) is 11.7. The van der Waals surface area contributed by atoms with Crippen molar-refractivity contribution in [2.45, 2.75) is 6.54 Å². The molecule has 0 heterocycles. The number of anilines is 1. The maximum absolute atomic E-state index is 11.7. The Bertz CT molecular complexity index is 602. The monoisotopic (exact) mass is 334 g/mol. The fourth-order valence-electron chi connectivity index (χ4n) is 1.64. The number of carbonyl (C=O) groups is 1. The molecule has 0 bridgehead atoms. The molecular weight excluding hydrogens is 320 g/mol. The van der Waals surface area contributed by atoms with Crippen LogP contribution in [0.5, 0.6) is 5.75 Å². The molecule has 0 radical (unpaired) electrons. The molecule has 0 aromatic heterocycles. The number of rotatable bonds is 5. The molecule has 2 aromatic carbocycles. The first-order valence-electron chi connectivity index (χ1n) is 6.13. The highest BCUT2D eigenvalue weighted by Crippen LogP contribution is 2.16. The van der Waals surface area contributed by atoms with Crippen molar-refractivity contribution < 1.29 is 9.53 Å². The number of benzene rings is 2. The van der Waals surface area contributed by atoms with Gasteiger partial charge in [-0.1, -0.05) is 40.2 Å². The molecule has 0 aliphatic carbocycles. The van der Waals surface area contributed by atoms with Crippen molar-refractivity contribution in [3.63, 3.8) is 0 Å². The molecule has 3 N–H and O–H groups in total. The molecule has 0 aliphatic rings. The molecule has 0 atom stereocenters. The van der Waals surface area contributed by atoms with Crippen LogP contribution < -0.4 is 15.8 Å². The van der Waals surface area contributed by atoms with Gasteiger partial charge < -0.3 is 15.8 Å². The van der Waals surface area contributed by atoms with Crippen LogP contribution in [0.25, 0.3) is 0 Å². The molecule has 0 unspecified atom stereocenters. The topological polar surface area (TPSA) is 64.3 Å². The second-order valence-corrected chi connectivity index (χ2v) is 5.08. The normalized spacial score (nSPS) is 10.1. The summed E-state index contributed by atoms with van der Waals surface area (Å²) in [5.74, 6) is 0.407. The van der Waals surface area contributed by atoms with Crippen molar-refractivity contribution in [2.24, 2.45) is 0 Å². The van der Waals surface area contributed by atoms with Gasteiger partial charge in [0.1, 0.15) is 5.75 Å². The molecular formula is C15H15BrN2O2. The molecule has 0 fully saturated rings. The lowest BCUT2D eigenvalue weighted by atomic mass is 10.2. The number of ether oxygens (including phenoxy) is 1. The maximum Gasteiger partial charge on any atom is 0.258 e. The number of nitrogens with two attached hydrogens (primary N) is 1. The molecule has 104 valence electrons. The van der Waals surface area contributed by atoms with E-state index in [0.717, 1.165) is 10.0 Å². The summed E-state index contributed by atoms with van der Waals surface area (Å²) < 4.78 is 6.33. The second-order valence-electron chi connectivity index (χ2n) is 4.23. The summed E-state index contributed by atoms with van der Waals surface area (Å²) in [6, 6.07) is 14.7. The molecule has 20 heavy (non-hydrogen) atoms. The Hall–Kier alpha value is -2.01. The fraction of sp³-hybridized carbons (Fsp3) is 0.133. The Morgan fingerprint density at radius 1 is 1.20 bits per heavy atom. The van der Waals surface area contributed by atoms with E-state index in [1.807, 2.05) is 24.3 Å². The van der Waals surface area contributed by atoms with Gasteiger partial charge >= 0.3 is 0 Å². The van der Waals surface area contributed by atoms with Crippen LogP contribution >= 0.6 is 15.9 Å². The number of halogens is 1. The zero-order valence-corrected chi connectivity index (χ0v) is 12.4. The van der Waals surface area contributed by atoms with Gasteiger partial charge in [0.15, 0.2) is 6.61 Å². The number of amides is 1. The molecule has 0 saturated heterocycles. The fourth-order valence-corrected chi connectivity index (χ4v) is 2.06. The Labute approximate surface area is 126 Å². The van der Waals surface area contributed by atoms with E-state index in [1.54, 1.807) is 24.3 Å². The lowest BCUT2D eigenvalue weighted by Crippen LogP contribution is -2.28. The van der Waals surface area contributed by atoms with Gasteiger partial charge in [0.2, 0.25) is 0 Å². The molecule has 0 spiro atoms. The predicted octanol–water partition coefficient (Wildman–Crippen LogP) is 2.73. The highest BCUT2D eigenvalue weighted by atomic mass is 79.9. The molecule has 2 aromatic rings. The Kier molecular flexibility index (Phi) is 5.01. The highest BCUT2D eigenvalue weighted by Gasteiger charge is 2.04. The van der Waals surface area contributed by atoms with E-state index in [1.165, 1.54) is 0 Å². The largest absolute Gasteiger partial charge is 0.484 e. The van der Waals surface area contributed by atoms with Crippen molar-refractivity contribution in [1.82, 2.24) is 5.32 Å². The van der Waals surface area contributed by atoms with Crippen LogP contribution in [-0.4, -0.2) is 12.5 Å². The third-order valence-electron chi connectivity index (χ3n) is 2.66. The third kappa shape index (κ3) is 4.28. The molecule has 0 saturated carbocycles. The molecule has 4 nitrogen and oxygen atoms in total. The lowest BCUT2D eigenvalue weighted by Gasteiger charge is -2.09. The minimum atomic E-state index is -0.178. The van der Waals surface area contributed by atoms with Gasteiger partial charge in [-0.2, -0.15) is 0 Å². The van der Waals surface area contributed by atoms with Crippen LogP contribution in [0, 0.1) is 0 Å². The zero-order valence-electron chi connectivity index (χ0n) is 10.8. The average molecular weight is 335 g/mol. The van der Waals surface area contributed by atoms with Crippen LogP contribution in [0.1, 0.15) is 5.56 Å². The summed E-state index contributed by atoms with van der Waals surface area (Å²) in [7, 11) is 0. The van der Waals surface area contributed by atoms with E-state index in [4.69, 9.17) is 10.5 Å². The van der Waals surface area contributed by atoms with Crippen LogP contribution in [0.3, 0.4) is 0 Å². The summed E-state index contributed by atoms with van der Waals surface area (Å²) in [5.41, 5.74) is 7.26. The van der Waals surface area contributed by atoms with Crippen LogP contribution in [0.15, 0.2) is 53.0 Å². The van der Waals surface area contributed by atoms with Crippen molar-refractivity contribution in [1.29, 1.82) is 0 Å². The van der Waals surface area contributed by atoms with Gasteiger partial charge in [0.25, 0.3) is 5.91 Å². The zero-order chi connectivity index (χ0) is 14.4. The van der Waals surface area contributed by atoms with E-state index in [-0.39, 0.29) is 12.5 Å². The molecule has 5 heteroatoms. The number of carbonyl (C=O) groups excluding carboxylic acids is 1. The van der Waals surface area contributed by atoms with Gasteiger partial charge in [-0.05, 0) is 23.8 Å². The minimum absolute atomic E-state index is 0.0338. The van der Waals surface area contributed by atoms with Crippen LogP contribution in [0.2, 0.25) is 0 Å². The van der Waals surface area contributed by atoms with Crippen molar-refractivity contribution in [2.75, 3.05) is 12.3 Å². The van der Waals surface area contributed by atoms with Crippen LogP contribution in [-0.2, 0) is 11.3 Å². The Morgan fingerprint density at radius 3 is 2.75 bits per heavy atom. The van der Waals surface area contributed by atoms with Gasteiger partial charge in [-0.25, -0.2) is 0 Å². The first kappa shape index (κ1) is 14.4. The predicted molar refractivity (Wildman–Crippen MR) is 82.3 cm³/mol. The van der Waals surface area contributed by atoms with Crippen molar-refractivity contribution in [3.8, 4) is 5.75 Å². The van der Waals surface area contributed by atoms with Gasteiger partial charge in [0.05, 0.1) is 0 Å². The van der Waals surface area contributed by atoms with E-state index in [0.29, 0.717) is 18.0 Å². The number of nitrogen functional groups attached to an aromatic ring is 1. The summed E-state index contributed by atoms with van der Waals surface area (Å²) in [6.07, 6.45) is 0. The van der Waals surface area contributed by atoms with Gasteiger partial charge in [-0.15, -0.1) is 0 Å². The van der Waals surface area contributed by atoms with Crippen molar-refractivity contribution in [3.05, 3.63) is 58.6 Å². The molecule has 1 amide bonds. The smallest absolute Gasteiger partial charge is 0.258 e. The quantitative estimate of drug-likeness (QED) is 0.826. The summed E-state index contributed by atoms with van der Waals surface area (Å²) in [5, 5.41) is 2.80. The van der Waals surface area contributed by atoms with Gasteiger partial charge in [-0.3, -0.25) is 4.79 Å². The SMILES string of the molecule is Nc1cccc(OCC(=O)NCc2ccccc2Br)c1. The third-order valence-corrected chi connectivity index (χ3v) is 3.44. The summed E-state index contributed by atoms with van der Waals surface area (Å²) >= 11 is 3.43. The Balaban J connectivity index is 1.80. The average Bonchev–Trinajstić information content (AvgIpc) is 2.44. The number of hydrogen-bond donors (Lipinski definition) is 2. The highest BCUT2D eigenvalue weighted by molar-refractivity contribution is 9.10. The van der Waals surface area contributed by atoms with E-state index < -0.39 is 0 Å². The van der Waals surface area contributed by atoms with E-state index >= 15 is 0 Å². The Morgan fingerprint density at radius 2 is 2.00 bits per heavy atom.